The number of aromatic nitrogens is 1. The second-order valence-corrected chi connectivity index (χ2v) is 5.35. The molecule has 1 aromatic heterocycles. The van der Waals surface area contributed by atoms with Crippen LogP contribution in [0.5, 0.6) is 0 Å². The van der Waals surface area contributed by atoms with E-state index in [9.17, 15) is 4.79 Å². The average Bonchev–Trinajstić information content (AvgIpc) is 2.43. The van der Waals surface area contributed by atoms with Gasteiger partial charge in [0, 0.05) is 22.9 Å². The highest BCUT2D eigenvalue weighted by Crippen LogP contribution is 2.19. The van der Waals surface area contributed by atoms with E-state index in [0.29, 0.717) is 6.54 Å². The van der Waals surface area contributed by atoms with Crippen LogP contribution in [0.1, 0.15) is 11.3 Å². The number of rotatable bonds is 5. The predicted octanol–water partition coefficient (Wildman–Crippen LogP) is 2.88. The molecular weight excluding hydrogens is 318 g/mol. The minimum absolute atomic E-state index is 0.0636. The summed E-state index contributed by atoms with van der Waals surface area (Å²) < 4.78 is 1.00. The molecule has 0 atom stereocenters. The minimum Gasteiger partial charge on any atom is -0.325 e. The van der Waals surface area contributed by atoms with Crippen molar-refractivity contribution in [2.24, 2.45) is 0 Å². The van der Waals surface area contributed by atoms with Crippen molar-refractivity contribution in [1.82, 2.24) is 10.3 Å². The molecule has 0 unspecified atom stereocenters. The Hall–Kier alpha value is -1.72. The van der Waals surface area contributed by atoms with Crippen LogP contribution in [0.2, 0.25) is 0 Å². The molecule has 2 rings (SSSR count). The number of nitrogens with zero attached hydrogens (tertiary/aromatic N) is 1. The lowest BCUT2D eigenvalue weighted by molar-refractivity contribution is -0.115. The molecule has 1 heterocycles. The van der Waals surface area contributed by atoms with Crippen molar-refractivity contribution in [2.75, 3.05) is 11.9 Å². The number of hydrogen-bond donors (Lipinski definition) is 2. The SMILES string of the molecule is Cc1cc(Br)ccc1NC(=O)CNCc1ccccn1. The molecule has 20 heavy (non-hydrogen) atoms. The van der Waals surface area contributed by atoms with Crippen molar-refractivity contribution < 1.29 is 4.79 Å². The van der Waals surface area contributed by atoms with E-state index in [-0.39, 0.29) is 12.5 Å². The van der Waals surface area contributed by atoms with Gasteiger partial charge in [-0.2, -0.15) is 0 Å². The zero-order valence-electron chi connectivity index (χ0n) is 11.2. The van der Waals surface area contributed by atoms with Crippen molar-refractivity contribution in [3.63, 3.8) is 0 Å². The summed E-state index contributed by atoms with van der Waals surface area (Å²) in [4.78, 5) is 16.0. The van der Waals surface area contributed by atoms with Crippen molar-refractivity contribution in [2.45, 2.75) is 13.5 Å². The fourth-order valence-electron chi connectivity index (χ4n) is 1.77. The first-order valence-electron chi connectivity index (χ1n) is 6.32. The Balaban J connectivity index is 1.81. The summed E-state index contributed by atoms with van der Waals surface area (Å²) in [6, 6.07) is 11.5. The summed E-state index contributed by atoms with van der Waals surface area (Å²) in [7, 11) is 0. The molecule has 5 heteroatoms. The standard InChI is InChI=1S/C15H16BrN3O/c1-11-8-12(16)5-6-14(11)19-15(20)10-17-9-13-4-2-3-7-18-13/h2-8,17H,9-10H2,1H3,(H,19,20). The van der Waals surface area contributed by atoms with E-state index < -0.39 is 0 Å². The van der Waals surface area contributed by atoms with Crippen LogP contribution in [0, 0.1) is 6.92 Å². The third-order valence-electron chi connectivity index (χ3n) is 2.78. The number of aryl methyl sites for hydroxylation is 1. The van der Waals surface area contributed by atoms with Crippen LogP contribution in [-0.2, 0) is 11.3 Å². The zero-order valence-corrected chi connectivity index (χ0v) is 12.8. The smallest absolute Gasteiger partial charge is 0.238 e. The van der Waals surface area contributed by atoms with E-state index in [1.165, 1.54) is 0 Å². The molecule has 2 N–H and O–H groups in total. The topological polar surface area (TPSA) is 54.0 Å². The van der Waals surface area contributed by atoms with Gasteiger partial charge < -0.3 is 10.6 Å². The first-order valence-corrected chi connectivity index (χ1v) is 7.11. The van der Waals surface area contributed by atoms with Crippen molar-refractivity contribution in [1.29, 1.82) is 0 Å². The fraction of sp³-hybridized carbons (Fsp3) is 0.200. The van der Waals surface area contributed by atoms with Gasteiger partial charge in [-0.3, -0.25) is 9.78 Å². The number of hydrogen-bond acceptors (Lipinski definition) is 3. The number of anilines is 1. The molecule has 2 aromatic rings. The highest BCUT2D eigenvalue weighted by Gasteiger charge is 2.04. The van der Waals surface area contributed by atoms with E-state index >= 15 is 0 Å². The van der Waals surface area contributed by atoms with Crippen LogP contribution >= 0.6 is 15.9 Å². The van der Waals surface area contributed by atoms with Gasteiger partial charge in [0.05, 0.1) is 12.2 Å². The molecule has 0 fully saturated rings. The highest BCUT2D eigenvalue weighted by molar-refractivity contribution is 9.10. The molecule has 1 aromatic carbocycles. The minimum atomic E-state index is -0.0636. The molecule has 0 aliphatic rings. The third kappa shape index (κ3) is 4.43. The molecule has 1 amide bonds. The normalized spacial score (nSPS) is 10.3. The van der Waals surface area contributed by atoms with Gasteiger partial charge in [0.1, 0.15) is 0 Å². The lowest BCUT2D eigenvalue weighted by Crippen LogP contribution is -2.28. The quantitative estimate of drug-likeness (QED) is 0.884. The van der Waals surface area contributed by atoms with Gasteiger partial charge in [0.25, 0.3) is 0 Å². The third-order valence-corrected chi connectivity index (χ3v) is 3.27. The molecular formula is C15H16BrN3O. The van der Waals surface area contributed by atoms with Gasteiger partial charge >= 0.3 is 0 Å². The summed E-state index contributed by atoms with van der Waals surface area (Å²) in [5.41, 5.74) is 2.77. The summed E-state index contributed by atoms with van der Waals surface area (Å²) in [6.45, 7) is 2.79. The van der Waals surface area contributed by atoms with E-state index in [0.717, 1.165) is 21.4 Å². The first kappa shape index (κ1) is 14.7. The van der Waals surface area contributed by atoms with Gasteiger partial charge in [-0.1, -0.05) is 22.0 Å². The maximum Gasteiger partial charge on any atom is 0.238 e. The second-order valence-electron chi connectivity index (χ2n) is 4.43. The van der Waals surface area contributed by atoms with Gasteiger partial charge in [-0.05, 0) is 42.8 Å². The van der Waals surface area contributed by atoms with Gasteiger partial charge in [0.2, 0.25) is 5.91 Å². The fourth-order valence-corrected chi connectivity index (χ4v) is 2.24. The molecule has 4 nitrogen and oxygen atoms in total. The van der Waals surface area contributed by atoms with Crippen LogP contribution < -0.4 is 10.6 Å². The summed E-state index contributed by atoms with van der Waals surface area (Å²) in [6.07, 6.45) is 1.74. The van der Waals surface area contributed by atoms with E-state index in [2.05, 4.69) is 31.5 Å². The van der Waals surface area contributed by atoms with Gasteiger partial charge in [-0.15, -0.1) is 0 Å². The number of amides is 1. The monoisotopic (exact) mass is 333 g/mol. The Morgan fingerprint density at radius 1 is 1.30 bits per heavy atom. The molecule has 0 radical (unpaired) electrons. The Bertz CT molecular complexity index is 587. The van der Waals surface area contributed by atoms with E-state index in [1.54, 1.807) is 6.20 Å². The Labute approximate surface area is 126 Å². The molecule has 0 saturated heterocycles. The maximum absolute atomic E-state index is 11.8. The van der Waals surface area contributed by atoms with Crippen LogP contribution in [0.4, 0.5) is 5.69 Å². The Morgan fingerprint density at radius 3 is 2.85 bits per heavy atom. The molecule has 0 saturated carbocycles. The van der Waals surface area contributed by atoms with Crippen LogP contribution in [0.25, 0.3) is 0 Å². The average molecular weight is 334 g/mol. The summed E-state index contributed by atoms with van der Waals surface area (Å²) >= 11 is 3.40. The predicted molar refractivity (Wildman–Crippen MR) is 83.5 cm³/mol. The number of nitrogens with one attached hydrogen (secondary N) is 2. The zero-order chi connectivity index (χ0) is 14.4. The van der Waals surface area contributed by atoms with Crippen molar-refractivity contribution in [3.05, 3.63) is 58.3 Å². The molecule has 0 spiro atoms. The van der Waals surface area contributed by atoms with Crippen molar-refractivity contribution in [3.8, 4) is 0 Å². The van der Waals surface area contributed by atoms with E-state index in [4.69, 9.17) is 0 Å². The number of halogens is 1. The molecule has 104 valence electrons. The second kappa shape index (κ2) is 7.17. The van der Waals surface area contributed by atoms with Crippen LogP contribution in [0.15, 0.2) is 47.1 Å². The Morgan fingerprint density at radius 2 is 2.15 bits per heavy atom. The molecule has 0 aliphatic heterocycles. The number of carbonyl (C=O) groups excluding carboxylic acids is 1. The van der Waals surface area contributed by atoms with Gasteiger partial charge in [0.15, 0.2) is 0 Å². The van der Waals surface area contributed by atoms with Gasteiger partial charge in [-0.25, -0.2) is 0 Å². The van der Waals surface area contributed by atoms with Crippen molar-refractivity contribution >= 4 is 27.5 Å². The number of pyridine rings is 1. The lowest BCUT2D eigenvalue weighted by Gasteiger charge is -2.09. The van der Waals surface area contributed by atoms with E-state index in [1.807, 2.05) is 43.3 Å². The highest BCUT2D eigenvalue weighted by atomic mass is 79.9. The number of benzene rings is 1. The summed E-state index contributed by atoms with van der Waals surface area (Å²) in [5.74, 6) is -0.0636. The lowest BCUT2D eigenvalue weighted by atomic mass is 10.2. The van der Waals surface area contributed by atoms with Crippen LogP contribution in [0.3, 0.4) is 0 Å². The first-order chi connectivity index (χ1) is 9.65. The number of carbonyl (C=O) groups is 1. The summed E-state index contributed by atoms with van der Waals surface area (Å²) in [5, 5.41) is 5.95. The largest absolute Gasteiger partial charge is 0.325 e. The Kier molecular flexibility index (Phi) is 5.26. The molecule has 0 bridgehead atoms. The maximum atomic E-state index is 11.8. The van der Waals surface area contributed by atoms with Crippen LogP contribution in [-0.4, -0.2) is 17.4 Å². The molecule has 0 aliphatic carbocycles.